The molecular formula is C14H17ClN2. The van der Waals surface area contributed by atoms with Crippen LogP contribution < -0.4 is 5.32 Å². The minimum absolute atomic E-state index is 0. The van der Waals surface area contributed by atoms with Crippen LogP contribution in [0.2, 0.25) is 0 Å². The van der Waals surface area contributed by atoms with Crippen LogP contribution in [-0.2, 0) is 6.42 Å². The van der Waals surface area contributed by atoms with Crippen LogP contribution in [0, 0.1) is 7.05 Å². The molecule has 2 nitrogen and oxygen atoms in total. The zero-order valence-corrected chi connectivity index (χ0v) is 10.4. The summed E-state index contributed by atoms with van der Waals surface area (Å²) in [5.41, 5.74) is 2.40. The van der Waals surface area contributed by atoms with E-state index < -0.39 is 0 Å². The van der Waals surface area contributed by atoms with Crippen LogP contribution in [0.1, 0.15) is 17.3 Å². The standard InChI is InChI=1S/C14H16N2.ClH/c1-15-14(13-9-5-6-10-16-13)11-12-7-3-2-4-8-12;/h2-10,14H,1,11,15H2;1H. The average molecular weight is 249 g/mol. The molecule has 0 saturated carbocycles. The maximum Gasteiger partial charge on any atom is 0.109 e. The number of hydrogen-bond acceptors (Lipinski definition) is 1. The lowest BCUT2D eigenvalue weighted by atomic mass is 10.0. The Morgan fingerprint density at radius 2 is 1.76 bits per heavy atom. The second-order valence-electron chi connectivity index (χ2n) is 3.79. The van der Waals surface area contributed by atoms with Gasteiger partial charge < -0.3 is 5.32 Å². The Hall–Kier alpha value is -1.38. The largest absolute Gasteiger partial charge is 0.471 e. The van der Waals surface area contributed by atoms with Gasteiger partial charge in [-0.05, 0) is 17.7 Å². The lowest BCUT2D eigenvalue weighted by Gasteiger charge is -2.15. The van der Waals surface area contributed by atoms with Crippen molar-refractivity contribution in [1.82, 2.24) is 4.98 Å². The Bertz CT molecular complexity index is 417. The molecule has 0 aliphatic carbocycles. The van der Waals surface area contributed by atoms with E-state index in [4.69, 9.17) is 0 Å². The molecule has 1 aromatic carbocycles. The summed E-state index contributed by atoms with van der Waals surface area (Å²) in [5.74, 6) is 0. The fourth-order valence-corrected chi connectivity index (χ4v) is 1.77. The molecule has 0 saturated heterocycles. The molecular weight excluding hydrogens is 232 g/mol. The van der Waals surface area contributed by atoms with Crippen molar-refractivity contribution in [2.24, 2.45) is 0 Å². The third-order valence-electron chi connectivity index (χ3n) is 2.65. The summed E-state index contributed by atoms with van der Waals surface area (Å²) in [5, 5.41) is 1.97. The Labute approximate surface area is 109 Å². The number of quaternary nitrogens is 1. The molecule has 0 radical (unpaired) electrons. The molecule has 0 bridgehead atoms. The highest BCUT2D eigenvalue weighted by molar-refractivity contribution is 5.85. The number of nitrogens with zero attached hydrogens (tertiary/aromatic N) is 1. The maximum absolute atomic E-state index is 4.37. The van der Waals surface area contributed by atoms with Crippen molar-refractivity contribution in [2.75, 3.05) is 0 Å². The highest BCUT2D eigenvalue weighted by Gasteiger charge is 2.11. The molecule has 17 heavy (non-hydrogen) atoms. The van der Waals surface area contributed by atoms with Gasteiger partial charge in [0.1, 0.15) is 6.04 Å². The minimum Gasteiger partial charge on any atom is -0.471 e. The Kier molecular flexibility index (Phi) is 5.67. The van der Waals surface area contributed by atoms with Crippen molar-refractivity contribution in [2.45, 2.75) is 12.5 Å². The predicted octanol–water partition coefficient (Wildman–Crippen LogP) is 2.14. The molecule has 2 aromatic rings. The van der Waals surface area contributed by atoms with Crippen molar-refractivity contribution in [1.29, 1.82) is 0 Å². The van der Waals surface area contributed by atoms with Gasteiger partial charge >= 0.3 is 0 Å². The fourth-order valence-electron chi connectivity index (χ4n) is 1.77. The zero-order valence-electron chi connectivity index (χ0n) is 9.62. The van der Waals surface area contributed by atoms with Crippen LogP contribution in [0.4, 0.5) is 0 Å². The molecule has 0 fully saturated rings. The molecule has 0 aliphatic heterocycles. The van der Waals surface area contributed by atoms with E-state index in [0.717, 1.165) is 12.1 Å². The van der Waals surface area contributed by atoms with E-state index in [9.17, 15) is 0 Å². The topological polar surface area (TPSA) is 29.5 Å². The highest BCUT2D eigenvalue weighted by Crippen LogP contribution is 2.12. The lowest BCUT2D eigenvalue weighted by Crippen LogP contribution is -2.79. The third-order valence-corrected chi connectivity index (χ3v) is 2.65. The molecule has 1 heterocycles. The van der Waals surface area contributed by atoms with E-state index in [2.05, 4.69) is 42.4 Å². The van der Waals surface area contributed by atoms with E-state index >= 15 is 0 Å². The minimum atomic E-state index is 0. The quantitative estimate of drug-likeness (QED) is 0.826. The first-order valence-electron chi connectivity index (χ1n) is 5.47. The van der Waals surface area contributed by atoms with Gasteiger partial charge in [-0.3, -0.25) is 4.98 Å². The molecule has 90 valence electrons. The van der Waals surface area contributed by atoms with Gasteiger partial charge in [0, 0.05) is 12.6 Å². The van der Waals surface area contributed by atoms with Gasteiger partial charge in [0.2, 0.25) is 0 Å². The van der Waals surface area contributed by atoms with Gasteiger partial charge in [-0.25, -0.2) is 0 Å². The molecule has 2 rings (SSSR count). The first-order chi connectivity index (χ1) is 7.90. The second-order valence-corrected chi connectivity index (χ2v) is 3.79. The summed E-state index contributed by atoms with van der Waals surface area (Å²) in [7, 11) is 3.89. The number of pyridine rings is 1. The lowest BCUT2D eigenvalue weighted by molar-refractivity contribution is -0.641. The van der Waals surface area contributed by atoms with Gasteiger partial charge in [0.25, 0.3) is 0 Å². The number of hydrogen-bond donors (Lipinski definition) is 1. The van der Waals surface area contributed by atoms with Crippen LogP contribution in [0.5, 0.6) is 0 Å². The van der Waals surface area contributed by atoms with Gasteiger partial charge in [0.15, 0.2) is 0 Å². The SMILES string of the molecule is Cl.[CH2-][NH2+]C(Cc1ccccc1)c1ccccn1. The number of nitrogens with two attached hydrogens (primary N) is 1. The number of halogens is 1. The second kappa shape index (κ2) is 7.05. The summed E-state index contributed by atoms with van der Waals surface area (Å²) >= 11 is 0. The van der Waals surface area contributed by atoms with Crippen molar-refractivity contribution in [3.63, 3.8) is 0 Å². The Morgan fingerprint density at radius 1 is 1.06 bits per heavy atom. The van der Waals surface area contributed by atoms with Gasteiger partial charge in [0.05, 0.1) is 5.69 Å². The maximum atomic E-state index is 4.37. The number of aromatic nitrogens is 1. The van der Waals surface area contributed by atoms with E-state index in [1.54, 1.807) is 0 Å². The summed E-state index contributed by atoms with van der Waals surface area (Å²) in [6, 6.07) is 16.7. The number of benzene rings is 1. The molecule has 2 N–H and O–H groups in total. The average Bonchev–Trinajstić information content (AvgIpc) is 2.38. The van der Waals surface area contributed by atoms with Crippen molar-refractivity contribution >= 4 is 12.4 Å². The van der Waals surface area contributed by atoms with Crippen LogP contribution in [0.25, 0.3) is 0 Å². The summed E-state index contributed by atoms with van der Waals surface area (Å²) in [6.45, 7) is 0. The van der Waals surface area contributed by atoms with Crippen molar-refractivity contribution in [3.05, 3.63) is 73.0 Å². The van der Waals surface area contributed by atoms with Crippen molar-refractivity contribution < 1.29 is 5.32 Å². The fraction of sp³-hybridized carbons (Fsp3) is 0.143. The van der Waals surface area contributed by atoms with Gasteiger partial charge in [-0.1, -0.05) is 36.4 Å². The van der Waals surface area contributed by atoms with E-state index in [1.807, 2.05) is 29.7 Å². The normalized spacial score (nSPS) is 11.6. The monoisotopic (exact) mass is 248 g/mol. The van der Waals surface area contributed by atoms with Crippen LogP contribution in [0.15, 0.2) is 54.7 Å². The Balaban J connectivity index is 0.00000144. The first-order valence-corrected chi connectivity index (χ1v) is 5.47. The van der Waals surface area contributed by atoms with E-state index in [0.29, 0.717) is 6.04 Å². The van der Waals surface area contributed by atoms with Gasteiger partial charge in [-0.15, -0.1) is 12.4 Å². The molecule has 1 unspecified atom stereocenters. The predicted molar refractivity (Wildman–Crippen MR) is 71.7 cm³/mol. The molecule has 0 amide bonds. The molecule has 0 spiro atoms. The van der Waals surface area contributed by atoms with Crippen LogP contribution in [0.3, 0.4) is 0 Å². The van der Waals surface area contributed by atoms with Crippen LogP contribution in [-0.4, -0.2) is 4.98 Å². The smallest absolute Gasteiger partial charge is 0.109 e. The zero-order chi connectivity index (χ0) is 11.2. The van der Waals surface area contributed by atoms with E-state index in [-0.39, 0.29) is 12.4 Å². The van der Waals surface area contributed by atoms with Crippen molar-refractivity contribution in [3.8, 4) is 0 Å². The van der Waals surface area contributed by atoms with Gasteiger partial charge in [-0.2, -0.15) is 7.05 Å². The molecule has 1 aromatic heterocycles. The Morgan fingerprint density at radius 3 is 2.35 bits per heavy atom. The van der Waals surface area contributed by atoms with Crippen LogP contribution >= 0.6 is 12.4 Å². The first kappa shape index (κ1) is 13.7. The summed E-state index contributed by atoms with van der Waals surface area (Å²) in [4.78, 5) is 4.37. The highest BCUT2D eigenvalue weighted by atomic mass is 35.5. The third kappa shape index (κ3) is 3.84. The summed E-state index contributed by atoms with van der Waals surface area (Å²) in [6.07, 6.45) is 2.79. The number of rotatable bonds is 4. The summed E-state index contributed by atoms with van der Waals surface area (Å²) < 4.78 is 0. The molecule has 1 atom stereocenters. The molecule has 3 heteroatoms. The molecule has 0 aliphatic rings. The van der Waals surface area contributed by atoms with E-state index in [1.165, 1.54) is 5.56 Å².